The number of aromatic nitrogens is 2. The van der Waals surface area contributed by atoms with Gasteiger partial charge in [-0.05, 0) is 22.9 Å². The number of nitrogens with one attached hydrogen (secondary N) is 1. The summed E-state index contributed by atoms with van der Waals surface area (Å²) >= 11 is 3.07. The van der Waals surface area contributed by atoms with Gasteiger partial charge in [0.1, 0.15) is 10.3 Å². The molecule has 0 bridgehead atoms. The number of rotatable bonds is 4. The number of carbonyl (C=O) groups is 1. The van der Waals surface area contributed by atoms with Crippen LogP contribution in [0.15, 0.2) is 15.5 Å². The fraction of sp³-hybridized carbons (Fsp3) is 0.375. The lowest BCUT2D eigenvalue weighted by molar-refractivity contribution is -0.151. The predicted octanol–water partition coefficient (Wildman–Crippen LogP) is -0.374. The van der Waals surface area contributed by atoms with Crippen molar-refractivity contribution in [3.63, 3.8) is 0 Å². The second-order valence-corrected chi connectivity index (χ2v) is 3.81. The summed E-state index contributed by atoms with van der Waals surface area (Å²) in [6.45, 7) is 1.87. The van der Waals surface area contributed by atoms with E-state index in [4.69, 9.17) is 5.84 Å². The number of hydrazine groups is 1. The highest BCUT2D eigenvalue weighted by atomic mass is 79.9. The van der Waals surface area contributed by atoms with Crippen LogP contribution in [-0.4, -0.2) is 15.5 Å². The van der Waals surface area contributed by atoms with Crippen molar-refractivity contribution < 1.29 is 9.63 Å². The molecule has 8 heteroatoms. The Hall–Kier alpha value is -1.25. The van der Waals surface area contributed by atoms with Crippen molar-refractivity contribution in [2.45, 2.75) is 19.9 Å². The molecule has 0 saturated heterocycles. The third-order valence-electron chi connectivity index (χ3n) is 1.92. The van der Waals surface area contributed by atoms with Crippen molar-refractivity contribution in [1.29, 1.82) is 0 Å². The summed E-state index contributed by atoms with van der Waals surface area (Å²) in [7, 11) is 0. The van der Waals surface area contributed by atoms with E-state index in [2.05, 4.69) is 25.8 Å². The van der Waals surface area contributed by atoms with Gasteiger partial charge >= 0.3 is 5.97 Å². The van der Waals surface area contributed by atoms with E-state index in [0.717, 1.165) is 0 Å². The molecule has 0 amide bonds. The van der Waals surface area contributed by atoms with E-state index >= 15 is 0 Å². The summed E-state index contributed by atoms with van der Waals surface area (Å²) in [4.78, 5) is 31.0. The molecule has 0 aliphatic rings. The molecule has 0 aliphatic heterocycles. The highest BCUT2D eigenvalue weighted by Crippen LogP contribution is 2.02. The van der Waals surface area contributed by atoms with Gasteiger partial charge in [0.15, 0.2) is 0 Å². The smallest absolute Gasteiger partial charge is 0.328 e. The predicted molar refractivity (Wildman–Crippen MR) is 59.0 cm³/mol. The molecule has 0 fully saturated rings. The van der Waals surface area contributed by atoms with Crippen LogP contribution in [0.5, 0.6) is 0 Å². The number of nitrogens with zero attached hydrogens (tertiary/aromatic N) is 2. The highest BCUT2D eigenvalue weighted by molar-refractivity contribution is 9.10. The molecular formula is C8H11BrN4O3. The van der Waals surface area contributed by atoms with Gasteiger partial charge in [0.25, 0.3) is 5.56 Å². The molecule has 88 valence electrons. The number of carbonyl (C=O) groups excluding carboxylic acids is 1. The molecule has 16 heavy (non-hydrogen) atoms. The fourth-order valence-electron chi connectivity index (χ4n) is 1.13. The molecule has 1 rings (SSSR count). The molecule has 0 unspecified atom stereocenters. The van der Waals surface area contributed by atoms with Gasteiger partial charge in [-0.1, -0.05) is 5.59 Å². The molecular weight excluding hydrogens is 280 g/mol. The van der Waals surface area contributed by atoms with Crippen molar-refractivity contribution >= 4 is 21.9 Å². The average molecular weight is 291 g/mol. The Morgan fingerprint density at radius 2 is 2.44 bits per heavy atom. The SMILES string of the molecule is Cc1ncc(Br)c(=O)n1CCC(=O)ONN. The molecule has 0 saturated carbocycles. The molecule has 0 radical (unpaired) electrons. The minimum atomic E-state index is -0.547. The third-order valence-corrected chi connectivity index (χ3v) is 2.46. The van der Waals surface area contributed by atoms with E-state index in [1.165, 1.54) is 10.8 Å². The first-order valence-electron chi connectivity index (χ1n) is 4.43. The first-order valence-corrected chi connectivity index (χ1v) is 5.22. The summed E-state index contributed by atoms with van der Waals surface area (Å²) in [6.07, 6.45) is 1.46. The number of hydrogen-bond donors (Lipinski definition) is 2. The van der Waals surface area contributed by atoms with Crippen LogP contribution >= 0.6 is 15.9 Å². The third kappa shape index (κ3) is 3.12. The van der Waals surface area contributed by atoms with Crippen LogP contribution in [0.1, 0.15) is 12.2 Å². The summed E-state index contributed by atoms with van der Waals surface area (Å²) in [5.41, 5.74) is 1.55. The minimum absolute atomic E-state index is 0.0308. The van der Waals surface area contributed by atoms with Crippen molar-refractivity contribution in [3.8, 4) is 0 Å². The zero-order valence-corrected chi connectivity index (χ0v) is 10.2. The summed E-state index contributed by atoms with van der Waals surface area (Å²) < 4.78 is 1.73. The van der Waals surface area contributed by atoms with Crippen LogP contribution in [0.2, 0.25) is 0 Å². The number of aryl methyl sites for hydroxylation is 1. The van der Waals surface area contributed by atoms with Gasteiger partial charge in [0.05, 0.1) is 6.42 Å². The first kappa shape index (κ1) is 12.8. The summed E-state index contributed by atoms with van der Waals surface area (Å²) in [5, 5.41) is 0. The molecule has 7 nitrogen and oxygen atoms in total. The van der Waals surface area contributed by atoms with Crippen molar-refractivity contribution in [2.24, 2.45) is 5.84 Å². The average Bonchev–Trinajstić information content (AvgIpc) is 2.24. The topological polar surface area (TPSA) is 99.2 Å². The van der Waals surface area contributed by atoms with E-state index in [9.17, 15) is 9.59 Å². The monoisotopic (exact) mass is 290 g/mol. The normalized spacial score (nSPS) is 10.2. The Kier molecular flexibility index (Phi) is 4.59. The van der Waals surface area contributed by atoms with Gasteiger partial charge in [0, 0.05) is 12.7 Å². The van der Waals surface area contributed by atoms with Crippen molar-refractivity contribution in [1.82, 2.24) is 15.1 Å². The largest absolute Gasteiger partial charge is 0.356 e. The fourth-order valence-corrected chi connectivity index (χ4v) is 1.45. The molecule has 0 atom stereocenters. The van der Waals surface area contributed by atoms with Gasteiger partial charge in [-0.3, -0.25) is 14.2 Å². The summed E-state index contributed by atoms with van der Waals surface area (Å²) in [5.74, 6) is 4.78. The second-order valence-electron chi connectivity index (χ2n) is 2.95. The zero-order chi connectivity index (χ0) is 12.1. The van der Waals surface area contributed by atoms with Crippen LogP contribution in [0.4, 0.5) is 0 Å². The van der Waals surface area contributed by atoms with E-state index in [0.29, 0.717) is 10.3 Å². The Morgan fingerprint density at radius 3 is 3.06 bits per heavy atom. The van der Waals surface area contributed by atoms with Gasteiger partial charge in [-0.2, -0.15) is 0 Å². The van der Waals surface area contributed by atoms with Crippen LogP contribution < -0.4 is 17.0 Å². The van der Waals surface area contributed by atoms with Crippen LogP contribution in [0, 0.1) is 6.92 Å². The molecule has 0 aromatic carbocycles. The molecule has 0 spiro atoms. The lowest BCUT2D eigenvalue weighted by Gasteiger charge is -2.08. The highest BCUT2D eigenvalue weighted by Gasteiger charge is 2.08. The van der Waals surface area contributed by atoms with Crippen molar-refractivity contribution in [3.05, 3.63) is 26.8 Å². The minimum Gasteiger partial charge on any atom is -0.356 e. The molecule has 0 aliphatic carbocycles. The van der Waals surface area contributed by atoms with Crippen LogP contribution in [0.3, 0.4) is 0 Å². The van der Waals surface area contributed by atoms with Gasteiger partial charge in [-0.25, -0.2) is 10.8 Å². The van der Waals surface area contributed by atoms with E-state index in [1.807, 2.05) is 0 Å². The Labute approximate surface area is 99.7 Å². The standard InChI is InChI=1S/C8H11BrN4O3/c1-5-11-4-6(9)8(15)13(5)3-2-7(14)16-12-10/h4,12H,2-3,10H2,1H3. The molecule has 1 heterocycles. The van der Waals surface area contributed by atoms with Crippen LogP contribution in [-0.2, 0) is 16.2 Å². The van der Waals surface area contributed by atoms with Gasteiger partial charge < -0.3 is 4.84 Å². The Bertz CT molecular complexity index is 445. The second kappa shape index (κ2) is 5.73. The summed E-state index contributed by atoms with van der Waals surface area (Å²) in [6, 6.07) is 0. The lowest BCUT2D eigenvalue weighted by Crippen LogP contribution is -2.29. The number of nitrogens with two attached hydrogens (primary N) is 1. The van der Waals surface area contributed by atoms with Gasteiger partial charge in [0.2, 0.25) is 0 Å². The number of hydrogen-bond acceptors (Lipinski definition) is 6. The van der Waals surface area contributed by atoms with E-state index in [-0.39, 0.29) is 18.5 Å². The first-order chi connectivity index (χ1) is 7.56. The van der Waals surface area contributed by atoms with E-state index < -0.39 is 5.97 Å². The maximum Gasteiger partial charge on any atom is 0.328 e. The van der Waals surface area contributed by atoms with Gasteiger partial charge in [-0.15, -0.1) is 0 Å². The zero-order valence-electron chi connectivity index (χ0n) is 8.57. The van der Waals surface area contributed by atoms with Crippen molar-refractivity contribution in [2.75, 3.05) is 0 Å². The Balaban J connectivity index is 2.78. The number of halogens is 1. The maximum absolute atomic E-state index is 11.6. The van der Waals surface area contributed by atoms with E-state index in [1.54, 1.807) is 12.5 Å². The Morgan fingerprint density at radius 1 is 1.75 bits per heavy atom. The van der Waals surface area contributed by atoms with Crippen LogP contribution in [0.25, 0.3) is 0 Å². The maximum atomic E-state index is 11.6. The molecule has 3 N–H and O–H groups in total. The lowest BCUT2D eigenvalue weighted by atomic mass is 10.4. The molecule has 1 aromatic rings. The quantitative estimate of drug-likeness (QED) is 0.580. The molecule has 1 aromatic heterocycles.